The van der Waals surface area contributed by atoms with E-state index in [1.807, 2.05) is 6.07 Å². The van der Waals surface area contributed by atoms with Gasteiger partial charge in [0, 0.05) is 24.3 Å². The molecule has 1 aliphatic heterocycles. The molecule has 2 nitrogen and oxygen atoms in total. The second-order valence-corrected chi connectivity index (χ2v) is 4.15. The molecule has 1 aromatic carbocycles. The number of aryl methyl sites for hydroxylation is 1. The molecule has 1 aliphatic rings. The molecule has 1 fully saturated rings. The molecule has 14 heavy (non-hydrogen) atoms. The number of anilines is 1. The second kappa shape index (κ2) is 3.58. The molecule has 0 radical (unpaired) electrons. The number of nitrogens with two attached hydrogens (primary N) is 1. The average molecular weight is 206 g/mol. The third-order valence-corrected chi connectivity index (χ3v) is 2.91. The van der Waals surface area contributed by atoms with Crippen LogP contribution in [0.2, 0.25) is 0 Å². The summed E-state index contributed by atoms with van der Waals surface area (Å²) < 4.78 is 0. The summed E-state index contributed by atoms with van der Waals surface area (Å²) in [6, 6.07) is 6.18. The molecular weight excluding hydrogens is 192 g/mol. The van der Waals surface area contributed by atoms with Crippen molar-refractivity contribution < 1.29 is 0 Å². The fourth-order valence-electron chi connectivity index (χ4n) is 1.72. The van der Waals surface area contributed by atoms with E-state index in [0.717, 1.165) is 5.56 Å². The van der Waals surface area contributed by atoms with Gasteiger partial charge >= 0.3 is 0 Å². The fraction of sp³-hybridized carbons (Fsp3) is 0.364. The van der Waals surface area contributed by atoms with E-state index < -0.39 is 0 Å². The largest absolute Gasteiger partial charge is 0.389 e. The Morgan fingerprint density at radius 1 is 1.43 bits per heavy atom. The van der Waals surface area contributed by atoms with Crippen LogP contribution in [0.25, 0.3) is 0 Å². The molecule has 74 valence electrons. The number of nitrogens with zero attached hydrogens (tertiary/aromatic N) is 1. The predicted octanol–water partition coefficient (Wildman–Crippen LogP) is 1.84. The van der Waals surface area contributed by atoms with E-state index in [-0.39, 0.29) is 0 Å². The smallest absolute Gasteiger partial charge is 0.103 e. The Morgan fingerprint density at radius 3 is 2.57 bits per heavy atom. The fourth-order valence-corrected chi connectivity index (χ4v) is 1.85. The van der Waals surface area contributed by atoms with Gasteiger partial charge in [0.15, 0.2) is 0 Å². The van der Waals surface area contributed by atoms with Gasteiger partial charge in [-0.3, -0.25) is 0 Å². The van der Waals surface area contributed by atoms with Gasteiger partial charge in [0.05, 0.1) is 0 Å². The van der Waals surface area contributed by atoms with Crippen LogP contribution in [0.15, 0.2) is 18.2 Å². The van der Waals surface area contributed by atoms with Crippen molar-refractivity contribution in [1.29, 1.82) is 0 Å². The summed E-state index contributed by atoms with van der Waals surface area (Å²) in [6.07, 6.45) is 1.30. The normalized spacial score (nSPS) is 15.1. The minimum atomic E-state index is 0.475. The molecule has 0 saturated carbocycles. The first-order valence-electron chi connectivity index (χ1n) is 4.84. The van der Waals surface area contributed by atoms with Crippen molar-refractivity contribution in [2.75, 3.05) is 18.0 Å². The van der Waals surface area contributed by atoms with Gasteiger partial charge in [-0.25, -0.2) is 0 Å². The number of rotatable bonds is 2. The summed E-state index contributed by atoms with van der Waals surface area (Å²) in [6.45, 7) is 4.45. The molecule has 2 N–H and O–H groups in total. The maximum Gasteiger partial charge on any atom is 0.103 e. The van der Waals surface area contributed by atoms with Crippen LogP contribution in [0.5, 0.6) is 0 Å². The Balaban J connectivity index is 2.30. The van der Waals surface area contributed by atoms with E-state index in [9.17, 15) is 0 Å². The molecule has 1 heterocycles. The summed E-state index contributed by atoms with van der Waals surface area (Å²) in [7, 11) is 0. The summed E-state index contributed by atoms with van der Waals surface area (Å²) in [5.41, 5.74) is 9.11. The second-order valence-electron chi connectivity index (χ2n) is 3.71. The van der Waals surface area contributed by atoms with Crippen LogP contribution >= 0.6 is 12.2 Å². The zero-order chi connectivity index (χ0) is 10.1. The highest BCUT2D eigenvalue weighted by Gasteiger charge is 2.16. The highest BCUT2D eigenvalue weighted by molar-refractivity contribution is 7.80. The van der Waals surface area contributed by atoms with Gasteiger partial charge < -0.3 is 10.6 Å². The highest BCUT2D eigenvalue weighted by Crippen LogP contribution is 2.25. The Kier molecular flexibility index (Phi) is 2.42. The molecule has 0 bridgehead atoms. The van der Waals surface area contributed by atoms with Crippen LogP contribution in [0.4, 0.5) is 5.69 Å². The molecule has 3 heteroatoms. The minimum absolute atomic E-state index is 0.475. The van der Waals surface area contributed by atoms with Gasteiger partial charge in [-0.2, -0.15) is 0 Å². The predicted molar refractivity (Wildman–Crippen MR) is 63.9 cm³/mol. The third-order valence-electron chi connectivity index (χ3n) is 2.68. The first-order valence-corrected chi connectivity index (χ1v) is 5.25. The van der Waals surface area contributed by atoms with Crippen LogP contribution < -0.4 is 10.6 Å². The van der Waals surface area contributed by atoms with Gasteiger partial charge in [-0.05, 0) is 37.1 Å². The van der Waals surface area contributed by atoms with Gasteiger partial charge in [0.2, 0.25) is 0 Å². The molecular formula is C11H14N2S. The molecule has 0 amide bonds. The molecule has 0 atom stereocenters. The number of benzene rings is 1. The topological polar surface area (TPSA) is 29.3 Å². The highest BCUT2D eigenvalue weighted by atomic mass is 32.1. The molecule has 0 aliphatic carbocycles. The van der Waals surface area contributed by atoms with E-state index in [1.54, 1.807) is 0 Å². The molecule has 0 aromatic heterocycles. The van der Waals surface area contributed by atoms with Gasteiger partial charge in [-0.15, -0.1) is 0 Å². The lowest BCUT2D eigenvalue weighted by atomic mass is 10.1. The van der Waals surface area contributed by atoms with Crippen molar-refractivity contribution in [3.63, 3.8) is 0 Å². The van der Waals surface area contributed by atoms with E-state index >= 15 is 0 Å². The van der Waals surface area contributed by atoms with Gasteiger partial charge in [0.25, 0.3) is 0 Å². The molecule has 0 unspecified atom stereocenters. The Hall–Kier alpha value is -1.09. The standard InChI is InChI=1S/C11H14N2S/c1-8-7-9(11(12)14)3-4-10(8)13-5-2-6-13/h3-4,7H,2,5-6H2,1H3,(H2,12,14). The third kappa shape index (κ3) is 1.60. The Bertz CT molecular complexity index is 370. The maximum atomic E-state index is 5.57. The zero-order valence-corrected chi connectivity index (χ0v) is 9.10. The van der Waals surface area contributed by atoms with E-state index in [1.165, 1.54) is 30.8 Å². The zero-order valence-electron chi connectivity index (χ0n) is 8.29. The van der Waals surface area contributed by atoms with Crippen molar-refractivity contribution in [3.05, 3.63) is 29.3 Å². The Morgan fingerprint density at radius 2 is 2.14 bits per heavy atom. The monoisotopic (exact) mass is 206 g/mol. The van der Waals surface area contributed by atoms with E-state index in [2.05, 4.69) is 24.0 Å². The first kappa shape index (κ1) is 9.46. The van der Waals surface area contributed by atoms with Crippen molar-refractivity contribution in [1.82, 2.24) is 0 Å². The quantitative estimate of drug-likeness (QED) is 0.749. The lowest BCUT2D eigenvalue weighted by molar-refractivity contribution is 0.616. The van der Waals surface area contributed by atoms with E-state index in [0.29, 0.717) is 4.99 Å². The van der Waals surface area contributed by atoms with Crippen molar-refractivity contribution in [2.24, 2.45) is 5.73 Å². The van der Waals surface area contributed by atoms with Gasteiger partial charge in [-0.1, -0.05) is 12.2 Å². The van der Waals surface area contributed by atoms with Gasteiger partial charge in [0.1, 0.15) is 4.99 Å². The van der Waals surface area contributed by atoms with Crippen LogP contribution in [0.1, 0.15) is 17.5 Å². The Labute approximate surface area is 89.7 Å². The summed E-state index contributed by atoms with van der Waals surface area (Å²) in [5, 5.41) is 0. The summed E-state index contributed by atoms with van der Waals surface area (Å²) in [5.74, 6) is 0. The van der Waals surface area contributed by atoms with Crippen molar-refractivity contribution in [3.8, 4) is 0 Å². The minimum Gasteiger partial charge on any atom is -0.389 e. The summed E-state index contributed by atoms with van der Waals surface area (Å²) in [4.78, 5) is 2.85. The lowest BCUT2D eigenvalue weighted by Gasteiger charge is -2.34. The van der Waals surface area contributed by atoms with Crippen molar-refractivity contribution in [2.45, 2.75) is 13.3 Å². The molecule has 2 rings (SSSR count). The van der Waals surface area contributed by atoms with Crippen LogP contribution in [0.3, 0.4) is 0 Å². The molecule has 1 saturated heterocycles. The number of thiocarbonyl (C=S) groups is 1. The van der Waals surface area contributed by atoms with Crippen LogP contribution in [-0.2, 0) is 0 Å². The van der Waals surface area contributed by atoms with Crippen molar-refractivity contribution >= 4 is 22.9 Å². The van der Waals surface area contributed by atoms with E-state index in [4.69, 9.17) is 18.0 Å². The maximum absolute atomic E-state index is 5.57. The summed E-state index contributed by atoms with van der Waals surface area (Å²) >= 11 is 4.94. The number of hydrogen-bond acceptors (Lipinski definition) is 2. The first-order chi connectivity index (χ1) is 6.68. The van der Waals surface area contributed by atoms with Crippen LogP contribution in [0, 0.1) is 6.92 Å². The SMILES string of the molecule is Cc1cc(C(N)=S)ccc1N1CCC1. The molecule has 1 aromatic rings. The van der Waals surface area contributed by atoms with Crippen LogP contribution in [-0.4, -0.2) is 18.1 Å². The lowest BCUT2D eigenvalue weighted by Crippen LogP contribution is -2.37. The number of hydrogen-bond donors (Lipinski definition) is 1. The molecule has 0 spiro atoms. The average Bonchev–Trinajstić information content (AvgIpc) is 2.04.